The van der Waals surface area contributed by atoms with E-state index in [4.69, 9.17) is 21.6 Å². The molecule has 0 spiro atoms. The highest BCUT2D eigenvalue weighted by Gasteiger charge is 2.21. The molecule has 4 nitrogen and oxygen atoms in total. The average molecular weight is 868 g/mol. The molecule has 0 fully saturated rings. The highest BCUT2D eigenvalue weighted by Crippen LogP contribution is 2.41. The van der Waals surface area contributed by atoms with Crippen molar-refractivity contribution in [2.45, 2.75) is 66.2 Å². The van der Waals surface area contributed by atoms with E-state index < -0.39 is 0 Å². The summed E-state index contributed by atoms with van der Waals surface area (Å²) in [6.45, 7) is 19.9. The van der Waals surface area contributed by atoms with Crippen LogP contribution in [0.15, 0.2) is 183 Å². The molecule has 9 aromatic rings. The van der Waals surface area contributed by atoms with Crippen molar-refractivity contribution in [3.8, 4) is 78.7 Å². The van der Waals surface area contributed by atoms with Crippen molar-refractivity contribution in [1.29, 1.82) is 0 Å². The quantitative estimate of drug-likeness (QED) is 0.123. The van der Waals surface area contributed by atoms with Gasteiger partial charge < -0.3 is 0 Å². The Kier molecular flexibility index (Phi) is 12.1. The number of benzene rings is 7. The molecule has 0 saturated heterocycles. The summed E-state index contributed by atoms with van der Waals surface area (Å²) in [5.41, 5.74) is 19.4. The van der Waals surface area contributed by atoms with Gasteiger partial charge in [-0.1, -0.05) is 193 Å². The SMILES string of the molecule is C=C(C)c1cccc(C(C)C)c1-n1ccnc1-c1ccc(-c2ccccc2-c2cc(Cl)cc(-c3ccccc3-c3ccc(-c4nccn4-c4c(C(C)C)cccc4C(C)C)cc3)c2)cc1. The zero-order valence-corrected chi connectivity index (χ0v) is 39.1. The van der Waals surface area contributed by atoms with E-state index >= 15 is 0 Å². The minimum absolute atomic E-state index is 0.338. The number of para-hydroxylation sites is 2. The first-order valence-corrected chi connectivity index (χ1v) is 23.1. The van der Waals surface area contributed by atoms with Gasteiger partial charge in [-0.2, -0.15) is 0 Å². The molecule has 2 heterocycles. The third-order valence-electron chi connectivity index (χ3n) is 12.5. The number of hydrogen-bond donors (Lipinski definition) is 0. The van der Waals surface area contributed by atoms with Crippen LogP contribution in [-0.4, -0.2) is 19.1 Å². The Hall–Kier alpha value is -7.01. The van der Waals surface area contributed by atoms with Crippen LogP contribution in [0.2, 0.25) is 5.02 Å². The van der Waals surface area contributed by atoms with E-state index in [9.17, 15) is 0 Å². The molecule has 0 bridgehead atoms. The van der Waals surface area contributed by atoms with Gasteiger partial charge in [-0.15, -0.1) is 0 Å². The minimum atomic E-state index is 0.338. The van der Waals surface area contributed by atoms with Gasteiger partial charge >= 0.3 is 0 Å². The Morgan fingerprint density at radius 1 is 0.446 bits per heavy atom. The van der Waals surface area contributed by atoms with Gasteiger partial charge in [0.05, 0.1) is 11.4 Å². The molecule has 0 amide bonds. The number of halogens is 1. The fraction of sp³-hybridized carbons (Fsp3) is 0.167. The van der Waals surface area contributed by atoms with E-state index in [1.165, 1.54) is 22.4 Å². The van der Waals surface area contributed by atoms with E-state index in [1.807, 2.05) is 12.4 Å². The van der Waals surface area contributed by atoms with Crippen LogP contribution >= 0.6 is 11.6 Å². The van der Waals surface area contributed by atoms with Gasteiger partial charge in [-0.05, 0) is 110 Å². The Labute approximate surface area is 389 Å². The van der Waals surface area contributed by atoms with E-state index in [1.54, 1.807) is 0 Å². The van der Waals surface area contributed by atoms with Crippen LogP contribution in [0.5, 0.6) is 0 Å². The van der Waals surface area contributed by atoms with Crippen molar-refractivity contribution in [1.82, 2.24) is 19.1 Å². The van der Waals surface area contributed by atoms with Crippen LogP contribution in [0.1, 0.15) is 88.5 Å². The summed E-state index contributed by atoms with van der Waals surface area (Å²) in [6.07, 6.45) is 7.95. The predicted octanol–water partition coefficient (Wildman–Crippen LogP) is 17.1. The summed E-state index contributed by atoms with van der Waals surface area (Å²) in [6, 6.07) is 54.3. The third kappa shape index (κ3) is 8.43. The zero-order chi connectivity index (χ0) is 45.4. The van der Waals surface area contributed by atoms with Crippen molar-refractivity contribution in [2.24, 2.45) is 0 Å². The maximum atomic E-state index is 7.03. The van der Waals surface area contributed by atoms with Crippen molar-refractivity contribution in [3.63, 3.8) is 0 Å². The van der Waals surface area contributed by atoms with E-state index in [2.05, 4.69) is 228 Å². The molecule has 65 heavy (non-hydrogen) atoms. The minimum Gasteiger partial charge on any atom is -0.299 e. The Balaban J connectivity index is 1.04. The Bertz CT molecular complexity index is 3130. The normalized spacial score (nSPS) is 11.6. The molecule has 0 aliphatic heterocycles. The largest absolute Gasteiger partial charge is 0.299 e. The second-order valence-corrected chi connectivity index (χ2v) is 18.4. The van der Waals surface area contributed by atoms with Crippen LogP contribution < -0.4 is 0 Å². The molecule has 0 saturated carbocycles. The lowest BCUT2D eigenvalue weighted by Crippen LogP contribution is -2.07. The second-order valence-electron chi connectivity index (χ2n) is 18.0. The molecular formula is C60H55ClN4. The number of hydrogen-bond acceptors (Lipinski definition) is 2. The molecule has 2 aromatic heterocycles. The highest BCUT2D eigenvalue weighted by atomic mass is 35.5. The fourth-order valence-corrected chi connectivity index (χ4v) is 9.53. The molecule has 0 atom stereocenters. The standard InChI is InChI=1S/C60H55ClN4/c1-38(2)49-19-13-20-50(39(3)4)57(49)64-33-31-62-59(64)44-27-23-42(24-28-44)53-15-9-11-17-55(53)46-35-47(37-48(61)36-46)56-18-12-10-16-54(56)43-25-29-45(30-26-43)60-63-32-34-65(60)58-51(40(5)6)21-14-22-52(58)41(7)8/h9-37,39-41H,1H2,2-8H3. The molecule has 0 radical (unpaired) electrons. The molecule has 0 aliphatic carbocycles. The van der Waals surface area contributed by atoms with Gasteiger partial charge in [0.2, 0.25) is 0 Å². The number of nitrogens with zero attached hydrogens (tertiary/aromatic N) is 4. The van der Waals surface area contributed by atoms with E-state index in [-0.39, 0.29) is 0 Å². The molecule has 5 heteroatoms. The van der Waals surface area contributed by atoms with Gasteiger partial charge in [0.15, 0.2) is 0 Å². The van der Waals surface area contributed by atoms with E-state index in [0.717, 1.165) is 84.1 Å². The lowest BCUT2D eigenvalue weighted by molar-refractivity contribution is 0.807. The Morgan fingerprint density at radius 2 is 0.815 bits per heavy atom. The van der Waals surface area contributed by atoms with Gasteiger partial charge in [0, 0.05) is 46.5 Å². The first-order valence-electron chi connectivity index (χ1n) is 22.7. The number of imidazole rings is 2. The molecule has 7 aromatic carbocycles. The maximum absolute atomic E-state index is 7.03. The van der Waals surface area contributed by atoms with Crippen LogP contribution in [0.4, 0.5) is 0 Å². The third-order valence-corrected chi connectivity index (χ3v) is 12.8. The summed E-state index contributed by atoms with van der Waals surface area (Å²) in [4.78, 5) is 9.77. The van der Waals surface area contributed by atoms with Crippen molar-refractivity contribution in [2.75, 3.05) is 0 Å². The molecule has 9 rings (SSSR count). The smallest absolute Gasteiger partial charge is 0.144 e. The summed E-state index contributed by atoms with van der Waals surface area (Å²) in [7, 11) is 0. The van der Waals surface area contributed by atoms with Gasteiger partial charge in [-0.25, -0.2) is 9.97 Å². The second kappa shape index (κ2) is 18.2. The van der Waals surface area contributed by atoms with Crippen LogP contribution in [0.3, 0.4) is 0 Å². The first kappa shape index (κ1) is 43.3. The highest BCUT2D eigenvalue weighted by molar-refractivity contribution is 6.31. The van der Waals surface area contributed by atoms with Crippen LogP contribution in [0.25, 0.3) is 84.2 Å². The number of allylic oxidation sites excluding steroid dienone is 1. The van der Waals surface area contributed by atoms with Crippen LogP contribution in [0, 0.1) is 0 Å². The fourth-order valence-electron chi connectivity index (χ4n) is 9.30. The average Bonchev–Trinajstić information content (AvgIpc) is 4.02. The lowest BCUT2D eigenvalue weighted by atomic mass is 9.90. The zero-order valence-electron chi connectivity index (χ0n) is 38.3. The predicted molar refractivity (Wildman–Crippen MR) is 275 cm³/mol. The van der Waals surface area contributed by atoms with E-state index in [0.29, 0.717) is 22.8 Å². The van der Waals surface area contributed by atoms with Gasteiger partial charge in [0.25, 0.3) is 0 Å². The topological polar surface area (TPSA) is 35.6 Å². The first-order chi connectivity index (χ1) is 31.5. The number of aromatic nitrogens is 4. The molecule has 0 unspecified atom stereocenters. The maximum Gasteiger partial charge on any atom is 0.144 e. The summed E-state index contributed by atoms with van der Waals surface area (Å²) >= 11 is 7.03. The monoisotopic (exact) mass is 866 g/mol. The Morgan fingerprint density at radius 3 is 1.23 bits per heavy atom. The summed E-state index contributed by atoms with van der Waals surface area (Å²) in [5, 5.41) is 0.685. The molecule has 322 valence electrons. The summed E-state index contributed by atoms with van der Waals surface area (Å²) < 4.78 is 4.49. The van der Waals surface area contributed by atoms with Gasteiger partial charge in [-0.3, -0.25) is 9.13 Å². The van der Waals surface area contributed by atoms with Crippen molar-refractivity contribution in [3.05, 3.63) is 210 Å². The van der Waals surface area contributed by atoms with Crippen molar-refractivity contribution < 1.29 is 0 Å². The molecular weight excluding hydrogens is 812 g/mol. The summed E-state index contributed by atoms with van der Waals surface area (Å²) in [5.74, 6) is 2.92. The van der Waals surface area contributed by atoms with Gasteiger partial charge in [0.1, 0.15) is 11.6 Å². The lowest BCUT2D eigenvalue weighted by Gasteiger charge is -2.22. The number of rotatable bonds is 12. The molecule has 0 N–H and O–H groups in total. The van der Waals surface area contributed by atoms with Crippen LogP contribution in [-0.2, 0) is 0 Å². The molecule has 0 aliphatic rings. The van der Waals surface area contributed by atoms with Crippen molar-refractivity contribution >= 4 is 17.2 Å².